The zero-order valence-electron chi connectivity index (χ0n) is 73.4. The molecule has 12 aliphatic heterocycles. The molecule has 12 aliphatic rings. The van der Waals surface area contributed by atoms with Gasteiger partial charge in [0.05, 0.1) is 79.3 Å². The number of nitrogens with one attached hydrogen (secondary N) is 2. The Bertz CT molecular complexity index is 3730. The zero-order chi connectivity index (χ0) is 102. The molecule has 0 aromatic heterocycles. The van der Waals surface area contributed by atoms with Gasteiger partial charge in [-0.25, -0.2) is 0 Å². The molecular weight excluding hydrogens is 1920 g/mol. The van der Waals surface area contributed by atoms with Crippen molar-refractivity contribution in [2.24, 2.45) is 0 Å². The Morgan fingerprint density at radius 2 is 0.396 bits per heavy atom. The monoisotopic (exact) mass is 2040 g/mol. The van der Waals surface area contributed by atoms with E-state index in [4.69, 9.17) is 109 Å². The minimum Gasteiger partial charge on any atom is -0.394 e. The smallest absolute Gasteiger partial charge is 0.217 e. The van der Waals surface area contributed by atoms with E-state index in [0.29, 0.717) is 0 Å². The second-order valence-corrected chi connectivity index (χ2v) is 35.2. The molecule has 0 aliphatic carbocycles. The molecule has 0 aromatic carbocycles. The SMILES string of the molecule is CC(=O)N[C@H]1[C@H](O[C@H]2[C@H](O)[C@@H](NC(C)=O)C(O)O[C@@H]2CO)O[C@H](CO)[C@@H](O[C@@H]2O[C@H](CO[C@H]3O[C@H](CO[C@H]4O[C@H](CO)[C@@H](O)[C@H](O)[C@@H]4O[C@H]4O[C@H](CO)[C@@H](O)[C@H](O)[C@@H]4O)[C@@H](O)[C@H](O[C@H]4O[C@H](CO)[C@@H](O)[C@H](O)[C@@H]4O[C@H]4O[C@H](CO)[C@@H](O)[C@H](O)[C@@H]4O)[C@@H]3O)[C@@H](O)[C@H](O[C@H]3O[C@H](CO[C@H]4O[C@H](CO)[C@@H](O)[C@H](O)[C@@H]4O)[C@@H](O)[C@H](O)[C@@H]3O[C@H]3O[C@H](CO)[C@@H](O)[C@H](O)[C@@H]3O[C@H]3O[C@H](CO)[C@@H](O)[C@H](O)[C@@H]3O)[C@@H]2O)[C@@H]1O. The van der Waals surface area contributed by atoms with E-state index in [1.165, 1.54) is 0 Å². The molecule has 63 heteroatoms. The second kappa shape index (κ2) is 49.8. The fraction of sp³-hybridized carbons (Fsp3) is 0.974. The molecule has 60 atom stereocenters. The largest absolute Gasteiger partial charge is 0.394 e. The molecule has 12 heterocycles. The summed E-state index contributed by atoms with van der Waals surface area (Å²) >= 11 is 0. The molecule has 0 saturated carbocycles. The summed E-state index contributed by atoms with van der Waals surface area (Å²) in [6.45, 7) is -12.3. The lowest BCUT2D eigenvalue weighted by molar-refractivity contribution is -0.410. The van der Waals surface area contributed by atoms with Crippen LogP contribution in [0.2, 0.25) is 0 Å². The van der Waals surface area contributed by atoms with Gasteiger partial charge in [0.1, 0.15) is 293 Å². The summed E-state index contributed by atoms with van der Waals surface area (Å²) in [4.78, 5) is 25.6. The first-order valence-corrected chi connectivity index (χ1v) is 44.2. The molecule has 139 heavy (non-hydrogen) atoms. The number of aliphatic hydroxyl groups is 36. The van der Waals surface area contributed by atoms with Gasteiger partial charge in [0.25, 0.3) is 0 Å². The van der Waals surface area contributed by atoms with E-state index in [2.05, 4.69) is 10.6 Å². The van der Waals surface area contributed by atoms with Crippen LogP contribution in [0.25, 0.3) is 0 Å². The number of rotatable bonds is 36. The van der Waals surface area contributed by atoms with Crippen molar-refractivity contribution in [2.75, 3.05) is 79.3 Å². The van der Waals surface area contributed by atoms with Gasteiger partial charge in [0.2, 0.25) is 11.8 Å². The van der Waals surface area contributed by atoms with Crippen LogP contribution in [-0.4, -0.2) is 643 Å². The molecule has 63 nitrogen and oxygen atoms in total. The summed E-state index contributed by atoms with van der Waals surface area (Å²) in [5, 5.41) is 408. The van der Waals surface area contributed by atoms with Crippen molar-refractivity contribution in [3.05, 3.63) is 0 Å². The average molecular weight is 2050 g/mol. The van der Waals surface area contributed by atoms with Gasteiger partial charge >= 0.3 is 0 Å². The Labute approximate surface area is 784 Å². The molecule has 0 aromatic rings. The normalized spacial score (nSPS) is 51.9. The minimum atomic E-state index is -2.80. The van der Waals surface area contributed by atoms with Crippen molar-refractivity contribution in [2.45, 2.75) is 382 Å². The molecule has 12 saturated heterocycles. The molecule has 38 N–H and O–H groups in total. The van der Waals surface area contributed by atoms with Gasteiger partial charge in [0, 0.05) is 13.8 Å². The predicted octanol–water partition coefficient (Wildman–Crippen LogP) is -26.9. The lowest BCUT2D eigenvalue weighted by Crippen LogP contribution is -2.70. The van der Waals surface area contributed by atoms with Gasteiger partial charge < -0.3 is 303 Å². The van der Waals surface area contributed by atoms with Crippen molar-refractivity contribution < 1.29 is 302 Å². The molecule has 0 radical (unpaired) electrons. The van der Waals surface area contributed by atoms with E-state index in [1.54, 1.807) is 0 Å². The van der Waals surface area contributed by atoms with Crippen molar-refractivity contribution >= 4 is 11.8 Å². The Hall–Kier alpha value is -3.42. The Kier molecular flexibility index (Phi) is 41.0. The van der Waals surface area contributed by atoms with E-state index in [-0.39, 0.29) is 0 Å². The minimum absolute atomic E-state index is 0.848. The van der Waals surface area contributed by atoms with E-state index in [9.17, 15) is 193 Å². The highest BCUT2D eigenvalue weighted by atomic mass is 16.8. The van der Waals surface area contributed by atoms with Crippen molar-refractivity contribution in [1.82, 2.24) is 10.6 Å². The fourth-order valence-corrected chi connectivity index (χ4v) is 17.8. The van der Waals surface area contributed by atoms with E-state index >= 15 is 0 Å². The first-order valence-electron chi connectivity index (χ1n) is 44.2. The highest BCUT2D eigenvalue weighted by Gasteiger charge is 2.63. The lowest BCUT2D eigenvalue weighted by atomic mass is 9.94. The standard InChI is InChI=1S/C76H128N2O61/c1-15(88)77-29-41(100)57(24(10-86)120-65(29)116)132-66-30(78-16(2)89)42(101)58(25(11-87)128-66)133-72-56(115)60(135-76-64(50(109)38(97)26(131-76)12-117-67-51(110)43(102)31(90)17(3-79)121-67)139-75-63(49(108)37(96)23(9-85)127-75)138-71-54(113)46(105)34(93)20(6-82)124-71)40(99)28(130-72)13-118-68-55(114)59(134-74-62(48(107)36(95)22(8-84)126-74)137-70-53(112)45(104)33(92)19(5-81)123-70)39(98)27(129-68)14-119-73-61(47(106)35(94)21(7-83)125-73)136-69-52(111)44(103)32(91)18(4-80)122-69/h17-76,79-87,90-116H,3-14H2,1-2H3,(H,77,88)(H,78,89)/t17-,18-,19-,20-,21-,22-,23-,24-,25-,26-,27-,28-,29-,30-,31-,32-,33-,34-,35-,36-,37-,38-,39-,40-,41-,42-,43+,44+,45+,46+,47+,48+,49+,50+,51+,52+,53+,54+,55+,56+,57-,58-,59+,60+,61+,62+,63+,64+,65?,66+,67+,68+,69-,70-,71-,72+,73+,74-,75-,76-/m1/s1. The molecule has 12 rings (SSSR count). The number of carbonyl (C=O) groups is 2. The van der Waals surface area contributed by atoms with Crippen molar-refractivity contribution in [3.63, 3.8) is 0 Å². The first kappa shape index (κ1) is 114. The summed E-state index contributed by atoms with van der Waals surface area (Å²) in [5.41, 5.74) is 0. The molecular formula is C76H128N2O61. The number of hydrogen-bond acceptors (Lipinski definition) is 61. The summed E-state index contributed by atoms with van der Waals surface area (Å²) in [6, 6.07) is -3.80. The maximum absolute atomic E-state index is 13.3. The summed E-state index contributed by atoms with van der Waals surface area (Å²) in [7, 11) is 0. The fourth-order valence-electron chi connectivity index (χ4n) is 17.8. The quantitative estimate of drug-likeness (QED) is 0.0277. The van der Waals surface area contributed by atoms with Crippen molar-refractivity contribution in [1.29, 1.82) is 0 Å². The second-order valence-electron chi connectivity index (χ2n) is 35.2. The van der Waals surface area contributed by atoms with Crippen LogP contribution in [0, 0.1) is 0 Å². The van der Waals surface area contributed by atoms with Crippen LogP contribution < -0.4 is 10.6 Å². The third-order valence-corrected chi connectivity index (χ3v) is 25.9. The maximum atomic E-state index is 13.3. The van der Waals surface area contributed by atoms with Gasteiger partial charge in [0.15, 0.2) is 75.5 Å². The predicted molar refractivity (Wildman–Crippen MR) is 418 cm³/mol. The molecule has 0 bridgehead atoms. The van der Waals surface area contributed by atoms with Gasteiger partial charge in [-0.1, -0.05) is 0 Å². The van der Waals surface area contributed by atoms with Crippen LogP contribution >= 0.6 is 0 Å². The number of ether oxygens (including phenoxy) is 23. The van der Waals surface area contributed by atoms with Crippen molar-refractivity contribution in [3.8, 4) is 0 Å². The highest BCUT2D eigenvalue weighted by molar-refractivity contribution is 5.73. The molecule has 1 unspecified atom stereocenters. The van der Waals surface area contributed by atoms with Crippen LogP contribution in [0.5, 0.6) is 0 Å². The van der Waals surface area contributed by atoms with E-state index in [0.717, 1.165) is 13.8 Å². The Morgan fingerprint density at radius 3 is 0.755 bits per heavy atom. The number of carbonyl (C=O) groups excluding carboxylic acids is 2. The van der Waals surface area contributed by atoms with Crippen LogP contribution in [0.15, 0.2) is 0 Å². The number of aliphatic hydroxyl groups excluding tert-OH is 36. The number of hydrogen-bond donors (Lipinski definition) is 38. The Balaban J connectivity index is 0.935. The molecule has 12 fully saturated rings. The Morgan fingerprint density at radius 1 is 0.187 bits per heavy atom. The summed E-state index contributed by atoms with van der Waals surface area (Å²) in [5.74, 6) is -1.88. The molecule has 0 spiro atoms. The van der Waals surface area contributed by atoms with Gasteiger partial charge in [-0.2, -0.15) is 0 Å². The van der Waals surface area contributed by atoms with Gasteiger partial charge in [-0.15, -0.1) is 0 Å². The molecule has 2 amide bonds. The van der Waals surface area contributed by atoms with Gasteiger partial charge in [-0.05, 0) is 0 Å². The molecule has 808 valence electrons. The van der Waals surface area contributed by atoms with E-state index in [1.807, 2.05) is 0 Å². The summed E-state index contributed by atoms with van der Waals surface area (Å²) in [6.07, 6.45) is -131. The van der Waals surface area contributed by atoms with Gasteiger partial charge in [-0.3, -0.25) is 9.59 Å². The van der Waals surface area contributed by atoms with Crippen LogP contribution in [0.3, 0.4) is 0 Å². The third-order valence-electron chi connectivity index (χ3n) is 25.9. The highest BCUT2D eigenvalue weighted by Crippen LogP contribution is 2.42. The van der Waals surface area contributed by atoms with Crippen LogP contribution in [0.1, 0.15) is 13.8 Å². The lowest BCUT2D eigenvalue weighted by Gasteiger charge is -2.51. The number of amides is 2. The first-order chi connectivity index (χ1) is 65.8. The van der Waals surface area contributed by atoms with E-state index < -0.39 is 459 Å². The zero-order valence-corrected chi connectivity index (χ0v) is 73.4. The van der Waals surface area contributed by atoms with Crippen LogP contribution in [0.4, 0.5) is 0 Å². The maximum Gasteiger partial charge on any atom is 0.217 e. The third kappa shape index (κ3) is 24.7. The van der Waals surface area contributed by atoms with Crippen LogP contribution in [-0.2, 0) is 119 Å². The average Bonchev–Trinajstić information content (AvgIpc) is 0.766. The topological polar surface area (TPSA) is 999 Å². The summed E-state index contributed by atoms with van der Waals surface area (Å²) < 4.78 is 136.